The van der Waals surface area contributed by atoms with Crippen LogP contribution >= 0.6 is 0 Å². The summed E-state index contributed by atoms with van der Waals surface area (Å²) in [6.45, 7) is 7.73. The standard InChI is InChI=1S/C17H21N3O/c1-17(2,20-10-8-18-9-11-20)16(21)14-6-5-13-4-3-7-19-15(13)12-14/h3-7,12,18H,8-11H2,1-2H3. The van der Waals surface area contributed by atoms with Crippen molar-refractivity contribution in [2.75, 3.05) is 26.2 Å². The van der Waals surface area contributed by atoms with Crippen LogP contribution in [0.25, 0.3) is 10.9 Å². The van der Waals surface area contributed by atoms with E-state index in [9.17, 15) is 4.79 Å². The predicted octanol–water partition coefficient (Wildman–Crippen LogP) is 2.10. The normalized spacial score (nSPS) is 17.0. The van der Waals surface area contributed by atoms with Crippen molar-refractivity contribution in [2.45, 2.75) is 19.4 Å². The fourth-order valence-corrected chi connectivity index (χ4v) is 2.93. The summed E-state index contributed by atoms with van der Waals surface area (Å²) in [5.74, 6) is 0.164. The Morgan fingerprint density at radius 3 is 2.76 bits per heavy atom. The number of hydrogen-bond acceptors (Lipinski definition) is 4. The number of ketones is 1. The minimum atomic E-state index is -0.482. The van der Waals surface area contributed by atoms with Crippen LogP contribution < -0.4 is 5.32 Å². The quantitative estimate of drug-likeness (QED) is 0.876. The Morgan fingerprint density at radius 1 is 1.24 bits per heavy atom. The summed E-state index contributed by atoms with van der Waals surface area (Å²) in [6, 6.07) is 9.72. The van der Waals surface area contributed by atoms with E-state index < -0.39 is 5.54 Å². The number of carbonyl (C=O) groups is 1. The maximum atomic E-state index is 12.9. The van der Waals surface area contributed by atoms with Crippen LogP contribution in [0, 0.1) is 0 Å². The Hall–Kier alpha value is -1.78. The second-order valence-electron chi connectivity index (χ2n) is 6.04. The molecule has 1 saturated heterocycles. The van der Waals surface area contributed by atoms with Crippen molar-refractivity contribution in [2.24, 2.45) is 0 Å². The maximum absolute atomic E-state index is 12.9. The molecule has 0 amide bonds. The second-order valence-corrected chi connectivity index (χ2v) is 6.04. The molecule has 0 saturated carbocycles. The number of nitrogens with one attached hydrogen (secondary N) is 1. The molecule has 1 aromatic heterocycles. The van der Waals surface area contributed by atoms with Crippen LogP contribution in [0.1, 0.15) is 24.2 Å². The lowest BCUT2D eigenvalue weighted by atomic mass is 9.90. The van der Waals surface area contributed by atoms with Gasteiger partial charge in [-0.15, -0.1) is 0 Å². The number of benzene rings is 1. The third-order valence-corrected chi connectivity index (χ3v) is 4.33. The lowest BCUT2D eigenvalue weighted by molar-refractivity contribution is 0.0602. The number of carbonyl (C=O) groups excluding carboxylic acids is 1. The number of aromatic nitrogens is 1. The van der Waals surface area contributed by atoms with Gasteiger partial charge in [0.15, 0.2) is 5.78 Å². The van der Waals surface area contributed by atoms with Crippen LogP contribution in [0.2, 0.25) is 0 Å². The molecule has 4 heteroatoms. The Morgan fingerprint density at radius 2 is 2.00 bits per heavy atom. The van der Waals surface area contributed by atoms with Gasteiger partial charge in [0.2, 0.25) is 0 Å². The molecule has 0 aliphatic carbocycles. The second kappa shape index (κ2) is 5.54. The molecule has 110 valence electrons. The lowest BCUT2D eigenvalue weighted by Crippen LogP contribution is -2.57. The van der Waals surface area contributed by atoms with Crippen LogP contribution in [0.5, 0.6) is 0 Å². The van der Waals surface area contributed by atoms with Gasteiger partial charge in [-0.05, 0) is 26.0 Å². The number of rotatable bonds is 3. The van der Waals surface area contributed by atoms with E-state index in [4.69, 9.17) is 0 Å². The molecule has 1 fully saturated rings. The van der Waals surface area contributed by atoms with E-state index >= 15 is 0 Å². The van der Waals surface area contributed by atoms with Gasteiger partial charge < -0.3 is 5.32 Å². The first kappa shape index (κ1) is 14.2. The summed E-state index contributed by atoms with van der Waals surface area (Å²) in [7, 11) is 0. The third-order valence-electron chi connectivity index (χ3n) is 4.33. The fraction of sp³-hybridized carbons (Fsp3) is 0.412. The number of nitrogens with zero attached hydrogens (tertiary/aromatic N) is 2. The molecule has 0 spiro atoms. The van der Waals surface area contributed by atoms with Gasteiger partial charge >= 0.3 is 0 Å². The summed E-state index contributed by atoms with van der Waals surface area (Å²) in [6.07, 6.45) is 1.76. The van der Waals surface area contributed by atoms with Gasteiger partial charge in [0, 0.05) is 43.3 Å². The van der Waals surface area contributed by atoms with Crippen molar-refractivity contribution < 1.29 is 4.79 Å². The highest BCUT2D eigenvalue weighted by Crippen LogP contribution is 2.23. The predicted molar refractivity (Wildman–Crippen MR) is 84.6 cm³/mol. The maximum Gasteiger partial charge on any atom is 0.182 e. The molecule has 1 aliphatic heterocycles. The summed E-state index contributed by atoms with van der Waals surface area (Å²) in [4.78, 5) is 19.5. The Kier molecular flexibility index (Phi) is 3.74. The zero-order chi connectivity index (χ0) is 14.9. The molecule has 21 heavy (non-hydrogen) atoms. The van der Waals surface area contributed by atoms with Gasteiger partial charge in [-0.2, -0.15) is 0 Å². The van der Waals surface area contributed by atoms with E-state index in [1.54, 1.807) is 6.20 Å². The van der Waals surface area contributed by atoms with E-state index in [0.29, 0.717) is 0 Å². The Bertz CT molecular complexity index is 660. The number of fused-ring (bicyclic) bond motifs is 1. The molecular weight excluding hydrogens is 262 g/mol. The van der Waals surface area contributed by atoms with Crippen molar-refractivity contribution in [3.8, 4) is 0 Å². The summed E-state index contributed by atoms with van der Waals surface area (Å²) >= 11 is 0. The van der Waals surface area contributed by atoms with Crippen LogP contribution in [0.3, 0.4) is 0 Å². The highest BCUT2D eigenvalue weighted by atomic mass is 16.1. The molecule has 4 nitrogen and oxygen atoms in total. The van der Waals surface area contributed by atoms with Crippen LogP contribution in [-0.4, -0.2) is 47.4 Å². The van der Waals surface area contributed by atoms with E-state index in [-0.39, 0.29) is 5.78 Å². The monoisotopic (exact) mass is 283 g/mol. The minimum absolute atomic E-state index is 0.164. The smallest absolute Gasteiger partial charge is 0.182 e. The molecular formula is C17H21N3O. The summed E-state index contributed by atoms with van der Waals surface area (Å²) in [5.41, 5.74) is 1.13. The number of hydrogen-bond donors (Lipinski definition) is 1. The van der Waals surface area contributed by atoms with Gasteiger partial charge in [-0.3, -0.25) is 14.7 Å². The molecule has 3 rings (SSSR count). The van der Waals surface area contributed by atoms with Gasteiger partial charge in [0.1, 0.15) is 0 Å². The van der Waals surface area contributed by atoms with Gasteiger partial charge in [-0.1, -0.05) is 18.2 Å². The van der Waals surface area contributed by atoms with Crippen LogP contribution in [-0.2, 0) is 0 Å². The van der Waals surface area contributed by atoms with E-state index in [0.717, 1.165) is 42.6 Å². The zero-order valence-corrected chi connectivity index (χ0v) is 12.6. The van der Waals surface area contributed by atoms with Crippen molar-refractivity contribution in [1.82, 2.24) is 15.2 Å². The molecule has 0 atom stereocenters. The fourth-order valence-electron chi connectivity index (χ4n) is 2.93. The SMILES string of the molecule is CC(C)(C(=O)c1ccc2cccnc2c1)N1CCNCC1. The van der Waals surface area contributed by atoms with Crippen molar-refractivity contribution in [3.05, 3.63) is 42.1 Å². The topological polar surface area (TPSA) is 45.2 Å². The van der Waals surface area contributed by atoms with Gasteiger partial charge in [0.25, 0.3) is 0 Å². The number of pyridine rings is 1. The molecule has 2 aromatic rings. The highest BCUT2D eigenvalue weighted by molar-refractivity contribution is 6.04. The number of piperazine rings is 1. The molecule has 0 bridgehead atoms. The molecule has 1 aliphatic rings. The van der Waals surface area contributed by atoms with Crippen molar-refractivity contribution >= 4 is 16.7 Å². The first-order valence-electron chi connectivity index (χ1n) is 7.44. The van der Waals surface area contributed by atoms with Crippen molar-refractivity contribution in [3.63, 3.8) is 0 Å². The zero-order valence-electron chi connectivity index (χ0n) is 12.6. The average molecular weight is 283 g/mol. The minimum Gasteiger partial charge on any atom is -0.314 e. The van der Waals surface area contributed by atoms with E-state index in [2.05, 4.69) is 15.2 Å². The molecule has 0 radical (unpaired) electrons. The first-order chi connectivity index (χ1) is 10.1. The molecule has 1 N–H and O–H groups in total. The molecule has 1 aromatic carbocycles. The third kappa shape index (κ3) is 2.69. The first-order valence-corrected chi connectivity index (χ1v) is 7.44. The van der Waals surface area contributed by atoms with Crippen molar-refractivity contribution in [1.29, 1.82) is 0 Å². The van der Waals surface area contributed by atoms with E-state index in [1.165, 1.54) is 0 Å². The Labute approximate surface area is 125 Å². The largest absolute Gasteiger partial charge is 0.314 e. The number of Topliss-reactive ketones (excluding diaryl/α,β-unsaturated/α-hetero) is 1. The van der Waals surface area contributed by atoms with Crippen LogP contribution in [0.4, 0.5) is 0 Å². The highest BCUT2D eigenvalue weighted by Gasteiger charge is 2.35. The Balaban J connectivity index is 1.91. The van der Waals surface area contributed by atoms with Crippen LogP contribution in [0.15, 0.2) is 36.5 Å². The molecule has 2 heterocycles. The van der Waals surface area contributed by atoms with Gasteiger partial charge in [-0.25, -0.2) is 0 Å². The average Bonchev–Trinajstić information content (AvgIpc) is 2.54. The lowest BCUT2D eigenvalue weighted by Gasteiger charge is -2.40. The summed E-state index contributed by atoms with van der Waals surface area (Å²) in [5, 5.41) is 4.39. The summed E-state index contributed by atoms with van der Waals surface area (Å²) < 4.78 is 0. The van der Waals surface area contributed by atoms with E-state index in [1.807, 2.05) is 44.2 Å². The molecule has 0 unspecified atom stereocenters. The van der Waals surface area contributed by atoms with Gasteiger partial charge in [0.05, 0.1) is 11.1 Å².